The fourth-order valence-corrected chi connectivity index (χ4v) is 1.92. The van der Waals surface area contributed by atoms with E-state index in [1.807, 2.05) is 0 Å². The molecule has 1 atom stereocenters. The lowest BCUT2D eigenvalue weighted by Gasteiger charge is -2.13. The largest absolute Gasteiger partial charge is 0.485 e. The Labute approximate surface area is 117 Å². The molecule has 1 N–H and O–H groups in total. The molecule has 0 aliphatic heterocycles. The maximum atomic E-state index is 13.2. The van der Waals surface area contributed by atoms with Crippen LogP contribution >= 0.6 is 0 Å². The van der Waals surface area contributed by atoms with Crippen LogP contribution < -0.4 is 4.74 Å². The highest BCUT2D eigenvalue weighted by atomic mass is 19.1. The van der Waals surface area contributed by atoms with Gasteiger partial charge in [-0.05, 0) is 31.5 Å². The summed E-state index contributed by atoms with van der Waals surface area (Å²) in [6.07, 6.45) is 1.63. The van der Waals surface area contributed by atoms with Crippen molar-refractivity contribution in [3.05, 3.63) is 41.7 Å². The van der Waals surface area contributed by atoms with Crippen molar-refractivity contribution in [2.75, 3.05) is 0 Å². The zero-order chi connectivity index (χ0) is 14.5. The van der Waals surface area contributed by atoms with E-state index in [2.05, 4.69) is 17.0 Å². The van der Waals surface area contributed by atoms with Gasteiger partial charge in [-0.1, -0.05) is 6.92 Å². The molecule has 0 fully saturated rings. The molecular formula is C14H18FN3O2. The Hall–Kier alpha value is -1.95. The predicted molar refractivity (Wildman–Crippen MR) is 71.7 cm³/mol. The lowest BCUT2D eigenvalue weighted by atomic mass is 10.1. The highest BCUT2D eigenvalue weighted by Gasteiger charge is 2.12. The number of rotatable bonds is 6. The van der Waals surface area contributed by atoms with E-state index in [4.69, 9.17) is 4.74 Å². The minimum atomic E-state index is -0.797. The first-order chi connectivity index (χ1) is 9.61. The molecule has 5 nitrogen and oxygen atoms in total. The number of halogens is 1. The van der Waals surface area contributed by atoms with E-state index < -0.39 is 11.9 Å². The minimum Gasteiger partial charge on any atom is -0.485 e. The van der Waals surface area contributed by atoms with Gasteiger partial charge in [-0.15, -0.1) is 0 Å². The zero-order valence-corrected chi connectivity index (χ0v) is 11.6. The summed E-state index contributed by atoms with van der Waals surface area (Å²) in [5.41, 5.74) is 0.423. The summed E-state index contributed by atoms with van der Waals surface area (Å²) in [6.45, 7) is 4.62. The molecule has 0 amide bonds. The molecular weight excluding hydrogens is 261 g/mol. The van der Waals surface area contributed by atoms with Crippen molar-refractivity contribution in [2.45, 2.75) is 39.5 Å². The number of ether oxygens (including phenoxy) is 1. The van der Waals surface area contributed by atoms with Crippen LogP contribution in [0.4, 0.5) is 4.39 Å². The quantitative estimate of drug-likeness (QED) is 0.882. The Kier molecular flexibility index (Phi) is 4.68. The van der Waals surface area contributed by atoms with Gasteiger partial charge < -0.3 is 9.84 Å². The number of aliphatic hydroxyl groups excluding tert-OH is 1. The lowest BCUT2D eigenvalue weighted by molar-refractivity contribution is 0.188. The maximum absolute atomic E-state index is 13.2. The second-order valence-corrected chi connectivity index (χ2v) is 4.55. The SMILES string of the molecule is CCCn1ncnc1COc1ccc(F)cc1[C@H](C)O. The fraction of sp³-hybridized carbons (Fsp3) is 0.429. The van der Waals surface area contributed by atoms with Crippen LogP contribution in [0.1, 0.15) is 37.8 Å². The molecule has 0 bridgehead atoms. The number of nitrogens with zero attached hydrogens (tertiary/aromatic N) is 3. The number of benzene rings is 1. The molecule has 20 heavy (non-hydrogen) atoms. The van der Waals surface area contributed by atoms with Gasteiger partial charge in [0, 0.05) is 12.1 Å². The van der Waals surface area contributed by atoms with Crippen molar-refractivity contribution in [3.63, 3.8) is 0 Å². The normalized spacial score (nSPS) is 12.4. The Morgan fingerprint density at radius 3 is 2.95 bits per heavy atom. The average Bonchev–Trinajstić information content (AvgIpc) is 2.85. The van der Waals surface area contributed by atoms with Crippen LogP contribution in [-0.4, -0.2) is 19.9 Å². The molecule has 6 heteroatoms. The lowest BCUT2D eigenvalue weighted by Crippen LogP contribution is -2.09. The third-order valence-electron chi connectivity index (χ3n) is 2.91. The summed E-state index contributed by atoms with van der Waals surface area (Å²) in [4.78, 5) is 4.13. The van der Waals surface area contributed by atoms with Crippen molar-refractivity contribution in [1.29, 1.82) is 0 Å². The molecule has 0 aliphatic rings. The molecule has 2 rings (SSSR count). The van der Waals surface area contributed by atoms with Crippen LogP contribution in [0.15, 0.2) is 24.5 Å². The summed E-state index contributed by atoms with van der Waals surface area (Å²) >= 11 is 0. The molecule has 0 saturated carbocycles. The van der Waals surface area contributed by atoms with E-state index in [-0.39, 0.29) is 6.61 Å². The van der Waals surface area contributed by atoms with Crippen molar-refractivity contribution in [3.8, 4) is 5.75 Å². The van der Waals surface area contributed by atoms with Gasteiger partial charge in [-0.25, -0.2) is 14.1 Å². The molecule has 1 heterocycles. The molecule has 0 unspecified atom stereocenters. The van der Waals surface area contributed by atoms with Gasteiger partial charge in [-0.2, -0.15) is 5.10 Å². The summed E-state index contributed by atoms with van der Waals surface area (Å²) in [5, 5.41) is 13.8. The van der Waals surface area contributed by atoms with Crippen LogP contribution in [0, 0.1) is 5.82 Å². The number of aliphatic hydroxyl groups is 1. The Morgan fingerprint density at radius 2 is 2.25 bits per heavy atom. The molecule has 1 aromatic heterocycles. The second-order valence-electron chi connectivity index (χ2n) is 4.55. The number of hydrogen-bond donors (Lipinski definition) is 1. The van der Waals surface area contributed by atoms with Gasteiger partial charge in [0.05, 0.1) is 6.10 Å². The highest BCUT2D eigenvalue weighted by molar-refractivity contribution is 5.35. The van der Waals surface area contributed by atoms with Crippen LogP contribution in [0.3, 0.4) is 0 Å². The number of aryl methyl sites for hydroxylation is 1. The van der Waals surface area contributed by atoms with Gasteiger partial charge in [0.15, 0.2) is 5.82 Å². The van der Waals surface area contributed by atoms with Crippen LogP contribution in [0.25, 0.3) is 0 Å². The first-order valence-electron chi connectivity index (χ1n) is 6.58. The second kappa shape index (κ2) is 6.47. The maximum Gasteiger partial charge on any atom is 0.164 e. The summed E-state index contributed by atoms with van der Waals surface area (Å²) < 4.78 is 20.6. The van der Waals surface area contributed by atoms with E-state index in [1.165, 1.54) is 24.5 Å². The van der Waals surface area contributed by atoms with Crippen molar-refractivity contribution in [1.82, 2.24) is 14.8 Å². The van der Waals surface area contributed by atoms with Crippen LogP contribution in [-0.2, 0) is 13.2 Å². The average molecular weight is 279 g/mol. The first-order valence-corrected chi connectivity index (χ1v) is 6.58. The summed E-state index contributed by atoms with van der Waals surface area (Å²) in [5.74, 6) is 0.752. The number of aromatic nitrogens is 3. The van der Waals surface area contributed by atoms with Crippen molar-refractivity contribution in [2.24, 2.45) is 0 Å². The Balaban J connectivity index is 2.12. The molecule has 0 aliphatic carbocycles. The van der Waals surface area contributed by atoms with E-state index in [0.717, 1.165) is 13.0 Å². The smallest absolute Gasteiger partial charge is 0.164 e. The summed E-state index contributed by atoms with van der Waals surface area (Å²) in [7, 11) is 0. The highest BCUT2D eigenvalue weighted by Crippen LogP contribution is 2.26. The van der Waals surface area contributed by atoms with Crippen molar-refractivity contribution < 1.29 is 14.2 Å². The third kappa shape index (κ3) is 3.33. The van der Waals surface area contributed by atoms with Crippen molar-refractivity contribution >= 4 is 0 Å². The number of hydrogen-bond acceptors (Lipinski definition) is 4. The Bertz CT molecular complexity index is 569. The van der Waals surface area contributed by atoms with E-state index in [1.54, 1.807) is 11.6 Å². The van der Waals surface area contributed by atoms with Gasteiger partial charge in [-0.3, -0.25) is 0 Å². The van der Waals surface area contributed by atoms with Crippen LogP contribution in [0.5, 0.6) is 5.75 Å². The van der Waals surface area contributed by atoms with Gasteiger partial charge in [0.2, 0.25) is 0 Å². The monoisotopic (exact) mass is 279 g/mol. The predicted octanol–water partition coefficient (Wildman–Crippen LogP) is 2.46. The topological polar surface area (TPSA) is 60.2 Å². The van der Waals surface area contributed by atoms with E-state index >= 15 is 0 Å². The van der Waals surface area contributed by atoms with Gasteiger partial charge >= 0.3 is 0 Å². The molecule has 108 valence electrons. The molecule has 2 aromatic rings. The Morgan fingerprint density at radius 1 is 1.45 bits per heavy atom. The first kappa shape index (κ1) is 14.5. The third-order valence-corrected chi connectivity index (χ3v) is 2.91. The van der Waals surface area contributed by atoms with Crippen LogP contribution in [0.2, 0.25) is 0 Å². The van der Waals surface area contributed by atoms with E-state index in [0.29, 0.717) is 17.1 Å². The molecule has 0 saturated heterocycles. The van der Waals surface area contributed by atoms with Gasteiger partial charge in [0.25, 0.3) is 0 Å². The molecule has 1 aromatic carbocycles. The molecule has 0 radical (unpaired) electrons. The standard InChI is InChI=1S/C14H18FN3O2/c1-3-6-18-14(16-9-17-18)8-20-13-5-4-11(15)7-12(13)10(2)19/h4-5,7,9-10,19H,3,6,8H2,1-2H3/t10-/m0/s1. The van der Waals surface area contributed by atoms with Gasteiger partial charge in [0.1, 0.15) is 24.5 Å². The fourth-order valence-electron chi connectivity index (χ4n) is 1.92. The zero-order valence-electron chi connectivity index (χ0n) is 11.6. The minimum absolute atomic E-state index is 0.228. The molecule has 0 spiro atoms. The van der Waals surface area contributed by atoms with E-state index in [9.17, 15) is 9.50 Å². The summed E-state index contributed by atoms with van der Waals surface area (Å²) in [6, 6.07) is 4.09.